The largest absolute Gasteiger partial charge is 0.364 e. The van der Waals surface area contributed by atoms with Crippen LogP contribution in [0.5, 0.6) is 0 Å². The standard InChI is InChI=1S/C10H9BrO/c11-7-3-1-6-2-4-9-10(12-9)8(6)5-7/h1,3,5,9-10H,2,4H2/t9-,10+/m1/s1. The SMILES string of the molecule is Brc1ccc2c(c1)[C@@H]1O[C@@H]1CC2. The molecule has 2 aliphatic rings. The molecule has 1 fully saturated rings. The van der Waals surface area contributed by atoms with Crippen LogP contribution < -0.4 is 0 Å². The van der Waals surface area contributed by atoms with Crippen LogP contribution in [0, 0.1) is 0 Å². The third kappa shape index (κ3) is 0.947. The highest BCUT2D eigenvalue weighted by molar-refractivity contribution is 9.10. The molecule has 0 aromatic heterocycles. The summed E-state index contributed by atoms with van der Waals surface area (Å²) in [6.07, 6.45) is 3.35. The Bertz CT molecular complexity index is 335. The van der Waals surface area contributed by atoms with Crippen molar-refractivity contribution in [3.8, 4) is 0 Å². The third-order valence-electron chi connectivity index (χ3n) is 2.70. The fraction of sp³-hybridized carbons (Fsp3) is 0.400. The maximum atomic E-state index is 5.54. The van der Waals surface area contributed by atoms with Crippen LogP contribution >= 0.6 is 15.9 Å². The Morgan fingerprint density at radius 3 is 3.25 bits per heavy atom. The minimum atomic E-state index is 0.422. The molecular weight excluding hydrogens is 216 g/mol. The van der Waals surface area contributed by atoms with Gasteiger partial charge in [-0.2, -0.15) is 0 Å². The van der Waals surface area contributed by atoms with E-state index >= 15 is 0 Å². The minimum Gasteiger partial charge on any atom is -0.364 e. The zero-order chi connectivity index (χ0) is 8.13. The zero-order valence-corrected chi connectivity index (χ0v) is 8.17. The highest BCUT2D eigenvalue weighted by Crippen LogP contribution is 2.47. The van der Waals surface area contributed by atoms with Gasteiger partial charge in [-0.3, -0.25) is 0 Å². The molecule has 2 heteroatoms. The number of hydrogen-bond donors (Lipinski definition) is 0. The van der Waals surface area contributed by atoms with Crippen LogP contribution in [0.15, 0.2) is 22.7 Å². The number of aryl methyl sites for hydroxylation is 1. The van der Waals surface area contributed by atoms with Gasteiger partial charge in [0.15, 0.2) is 0 Å². The molecule has 1 aromatic carbocycles. The van der Waals surface area contributed by atoms with Gasteiger partial charge in [0.2, 0.25) is 0 Å². The van der Waals surface area contributed by atoms with Crippen LogP contribution in [-0.4, -0.2) is 6.10 Å². The molecule has 1 heterocycles. The number of epoxide rings is 1. The van der Waals surface area contributed by atoms with Crippen molar-refractivity contribution in [1.29, 1.82) is 0 Å². The van der Waals surface area contributed by atoms with Gasteiger partial charge in [-0.05, 0) is 36.1 Å². The van der Waals surface area contributed by atoms with Gasteiger partial charge in [-0.15, -0.1) is 0 Å². The minimum absolute atomic E-state index is 0.422. The topological polar surface area (TPSA) is 12.5 Å². The van der Waals surface area contributed by atoms with Gasteiger partial charge in [0.1, 0.15) is 6.10 Å². The Labute approximate surface area is 79.9 Å². The number of ether oxygens (including phenoxy) is 1. The predicted molar refractivity (Wildman–Crippen MR) is 50.1 cm³/mol. The van der Waals surface area contributed by atoms with Gasteiger partial charge in [-0.1, -0.05) is 22.0 Å². The highest BCUT2D eigenvalue weighted by Gasteiger charge is 2.43. The molecule has 1 aromatic rings. The number of halogens is 1. The summed E-state index contributed by atoms with van der Waals surface area (Å²) >= 11 is 3.48. The molecule has 12 heavy (non-hydrogen) atoms. The number of benzene rings is 1. The first-order valence-corrected chi connectivity index (χ1v) is 5.08. The van der Waals surface area contributed by atoms with Crippen LogP contribution in [0.4, 0.5) is 0 Å². The molecule has 1 aliphatic heterocycles. The Morgan fingerprint density at radius 2 is 2.33 bits per heavy atom. The number of fused-ring (bicyclic) bond motifs is 3. The monoisotopic (exact) mass is 224 g/mol. The summed E-state index contributed by atoms with van der Waals surface area (Å²) in [5, 5.41) is 0. The van der Waals surface area contributed by atoms with Crippen LogP contribution in [0.2, 0.25) is 0 Å². The Kier molecular flexibility index (Phi) is 1.38. The van der Waals surface area contributed by atoms with E-state index in [1.165, 1.54) is 24.0 Å². The summed E-state index contributed by atoms with van der Waals surface area (Å²) in [5.74, 6) is 0. The molecule has 2 atom stereocenters. The van der Waals surface area contributed by atoms with E-state index in [4.69, 9.17) is 4.74 Å². The molecule has 0 N–H and O–H groups in total. The van der Waals surface area contributed by atoms with Crippen LogP contribution in [0.1, 0.15) is 23.7 Å². The zero-order valence-electron chi connectivity index (χ0n) is 6.59. The lowest BCUT2D eigenvalue weighted by molar-refractivity contribution is 0.372. The van der Waals surface area contributed by atoms with Gasteiger partial charge >= 0.3 is 0 Å². The molecule has 0 radical (unpaired) electrons. The summed E-state index contributed by atoms with van der Waals surface area (Å²) in [5.41, 5.74) is 2.87. The van der Waals surface area contributed by atoms with E-state index in [1.807, 2.05) is 0 Å². The van der Waals surface area contributed by atoms with Gasteiger partial charge in [0, 0.05) is 4.47 Å². The van der Waals surface area contributed by atoms with Gasteiger partial charge in [0.05, 0.1) is 6.10 Å². The fourth-order valence-electron chi connectivity index (χ4n) is 1.99. The van der Waals surface area contributed by atoms with Gasteiger partial charge in [0.25, 0.3) is 0 Å². The average molecular weight is 225 g/mol. The smallest absolute Gasteiger partial charge is 0.109 e. The molecule has 0 saturated carbocycles. The summed E-state index contributed by atoms with van der Waals surface area (Å²) in [6, 6.07) is 6.51. The van der Waals surface area contributed by atoms with Crippen molar-refractivity contribution in [1.82, 2.24) is 0 Å². The van der Waals surface area contributed by atoms with Crippen LogP contribution in [0.3, 0.4) is 0 Å². The van der Waals surface area contributed by atoms with Crippen molar-refractivity contribution in [2.45, 2.75) is 25.0 Å². The van der Waals surface area contributed by atoms with Crippen molar-refractivity contribution in [3.05, 3.63) is 33.8 Å². The second-order valence-corrected chi connectivity index (χ2v) is 4.39. The molecule has 0 amide bonds. The lowest BCUT2D eigenvalue weighted by Gasteiger charge is -2.11. The molecule has 0 bridgehead atoms. The summed E-state index contributed by atoms with van der Waals surface area (Å²) in [6.45, 7) is 0. The number of rotatable bonds is 0. The summed E-state index contributed by atoms with van der Waals surface area (Å²) < 4.78 is 6.70. The second kappa shape index (κ2) is 2.33. The molecule has 62 valence electrons. The van der Waals surface area contributed by atoms with E-state index in [9.17, 15) is 0 Å². The van der Waals surface area contributed by atoms with E-state index in [-0.39, 0.29) is 0 Å². The first kappa shape index (κ1) is 7.10. The third-order valence-corrected chi connectivity index (χ3v) is 3.19. The van der Waals surface area contributed by atoms with Crippen LogP contribution in [0.25, 0.3) is 0 Å². The number of hydrogen-bond acceptors (Lipinski definition) is 1. The molecule has 0 spiro atoms. The maximum Gasteiger partial charge on any atom is 0.109 e. The second-order valence-electron chi connectivity index (χ2n) is 3.48. The quantitative estimate of drug-likeness (QED) is 0.618. The first-order valence-electron chi connectivity index (χ1n) is 4.28. The summed E-state index contributed by atoms with van der Waals surface area (Å²) in [7, 11) is 0. The van der Waals surface area contributed by atoms with Crippen molar-refractivity contribution in [3.63, 3.8) is 0 Å². The van der Waals surface area contributed by atoms with E-state index in [2.05, 4.69) is 34.1 Å². The van der Waals surface area contributed by atoms with Crippen molar-refractivity contribution < 1.29 is 4.74 Å². The van der Waals surface area contributed by atoms with Crippen molar-refractivity contribution in [2.75, 3.05) is 0 Å². The van der Waals surface area contributed by atoms with E-state index in [0.29, 0.717) is 12.2 Å². The Morgan fingerprint density at radius 1 is 1.42 bits per heavy atom. The average Bonchev–Trinajstić information content (AvgIpc) is 2.82. The highest BCUT2D eigenvalue weighted by atomic mass is 79.9. The normalized spacial score (nSPS) is 30.8. The lowest BCUT2D eigenvalue weighted by Crippen LogP contribution is -2.03. The fourth-order valence-corrected chi connectivity index (χ4v) is 2.37. The van der Waals surface area contributed by atoms with Crippen molar-refractivity contribution >= 4 is 15.9 Å². The van der Waals surface area contributed by atoms with E-state index < -0.39 is 0 Å². The Hall–Kier alpha value is -0.340. The van der Waals surface area contributed by atoms with E-state index in [1.54, 1.807) is 0 Å². The van der Waals surface area contributed by atoms with Crippen molar-refractivity contribution in [2.24, 2.45) is 0 Å². The van der Waals surface area contributed by atoms with Gasteiger partial charge in [-0.25, -0.2) is 0 Å². The maximum absolute atomic E-state index is 5.54. The molecule has 1 aliphatic carbocycles. The first-order chi connectivity index (χ1) is 5.84. The Balaban J connectivity index is 2.14. The predicted octanol–water partition coefficient (Wildman–Crippen LogP) is 2.84. The lowest BCUT2D eigenvalue weighted by atomic mass is 9.92. The molecule has 1 nitrogen and oxygen atoms in total. The van der Waals surface area contributed by atoms with Gasteiger partial charge < -0.3 is 4.74 Å². The molecule has 0 unspecified atom stereocenters. The molecule has 1 saturated heterocycles. The molecular formula is C10H9BrO. The molecule has 3 rings (SSSR count). The van der Waals surface area contributed by atoms with E-state index in [0.717, 1.165) is 4.47 Å². The summed E-state index contributed by atoms with van der Waals surface area (Å²) in [4.78, 5) is 0. The van der Waals surface area contributed by atoms with Crippen LogP contribution in [-0.2, 0) is 11.2 Å².